The summed E-state index contributed by atoms with van der Waals surface area (Å²) in [5, 5.41) is 4.13. The quantitative estimate of drug-likeness (QED) is 0.684. The summed E-state index contributed by atoms with van der Waals surface area (Å²) in [5.41, 5.74) is 1.47. The number of halogens is 3. The lowest BCUT2D eigenvalue weighted by atomic mass is 9.98. The summed E-state index contributed by atoms with van der Waals surface area (Å²) in [4.78, 5) is 8.63. The summed E-state index contributed by atoms with van der Waals surface area (Å²) >= 11 is 0. The largest absolute Gasteiger partial charge is 0.416 e. The van der Waals surface area contributed by atoms with E-state index in [1.807, 2.05) is 30.3 Å². The molecule has 0 atom stereocenters. The molecule has 0 amide bonds. The van der Waals surface area contributed by atoms with Gasteiger partial charge in [0.25, 0.3) is 0 Å². The Morgan fingerprint density at radius 1 is 1.00 bits per heavy atom. The zero-order valence-corrected chi connectivity index (χ0v) is 12.3. The molecule has 0 radical (unpaired) electrons. The van der Waals surface area contributed by atoms with E-state index in [4.69, 9.17) is 0 Å². The Morgan fingerprint density at radius 3 is 2.54 bits per heavy atom. The molecule has 4 rings (SSSR count). The van der Waals surface area contributed by atoms with Crippen LogP contribution >= 0.6 is 0 Å². The first-order valence-electron chi connectivity index (χ1n) is 7.25. The van der Waals surface area contributed by atoms with Gasteiger partial charge in [0, 0.05) is 11.1 Å². The minimum absolute atomic E-state index is 0.250. The lowest BCUT2D eigenvalue weighted by molar-refractivity contribution is -0.137. The van der Waals surface area contributed by atoms with Gasteiger partial charge in [-0.3, -0.25) is 4.99 Å². The molecule has 24 heavy (non-hydrogen) atoms. The Morgan fingerprint density at radius 2 is 1.79 bits per heavy atom. The van der Waals surface area contributed by atoms with Crippen molar-refractivity contribution < 1.29 is 13.2 Å². The number of benzene rings is 2. The van der Waals surface area contributed by atoms with Gasteiger partial charge >= 0.3 is 6.18 Å². The number of aliphatic imine (C=N–C) groups is 1. The first-order chi connectivity index (χ1) is 11.5. The Balaban J connectivity index is 1.98. The zero-order chi connectivity index (χ0) is 16.7. The predicted octanol–water partition coefficient (Wildman–Crippen LogP) is 3.64. The maximum atomic E-state index is 13.2. The van der Waals surface area contributed by atoms with Crippen LogP contribution in [0.15, 0.2) is 59.9 Å². The molecule has 0 saturated carbocycles. The summed E-state index contributed by atoms with van der Waals surface area (Å²) in [7, 11) is 0. The van der Waals surface area contributed by atoms with E-state index in [1.165, 1.54) is 17.1 Å². The fourth-order valence-corrected chi connectivity index (χ4v) is 2.74. The predicted molar refractivity (Wildman–Crippen MR) is 82.1 cm³/mol. The van der Waals surface area contributed by atoms with E-state index in [0.717, 1.165) is 17.7 Å². The van der Waals surface area contributed by atoms with Crippen LogP contribution in [-0.4, -0.2) is 20.5 Å². The fraction of sp³-hybridized carbons (Fsp3) is 0.118. The highest BCUT2D eigenvalue weighted by Gasteiger charge is 2.32. The van der Waals surface area contributed by atoms with E-state index in [1.54, 1.807) is 0 Å². The molecule has 7 heteroatoms. The molecule has 3 aromatic rings. The summed E-state index contributed by atoms with van der Waals surface area (Å²) in [6, 6.07) is 12.7. The van der Waals surface area contributed by atoms with Crippen molar-refractivity contribution in [3.8, 4) is 5.69 Å². The summed E-state index contributed by atoms with van der Waals surface area (Å²) in [6.45, 7) is 0.250. The Hall–Kier alpha value is -2.96. The number of hydrogen-bond donors (Lipinski definition) is 0. The van der Waals surface area contributed by atoms with Crippen LogP contribution in [-0.2, 0) is 12.7 Å². The van der Waals surface area contributed by atoms with Crippen molar-refractivity contribution in [1.82, 2.24) is 14.8 Å². The average molecular weight is 328 g/mol. The van der Waals surface area contributed by atoms with Gasteiger partial charge in [-0.25, -0.2) is 9.67 Å². The summed E-state index contributed by atoms with van der Waals surface area (Å²) in [5.74, 6) is 0.585. The molecule has 2 aromatic carbocycles. The molecule has 1 aliphatic rings. The monoisotopic (exact) mass is 328 g/mol. The molecule has 0 aliphatic carbocycles. The van der Waals surface area contributed by atoms with Crippen LogP contribution in [0.25, 0.3) is 5.69 Å². The lowest BCUT2D eigenvalue weighted by Crippen LogP contribution is -2.12. The van der Waals surface area contributed by atoms with Gasteiger partial charge in [-0.05, 0) is 18.2 Å². The second kappa shape index (κ2) is 5.30. The first kappa shape index (κ1) is 14.6. The third-order valence-electron chi connectivity index (χ3n) is 3.85. The fourth-order valence-electron chi connectivity index (χ4n) is 2.74. The van der Waals surface area contributed by atoms with Crippen molar-refractivity contribution >= 4 is 5.71 Å². The van der Waals surface area contributed by atoms with Crippen molar-refractivity contribution in [1.29, 1.82) is 0 Å². The molecule has 1 aliphatic heterocycles. The first-order valence-corrected chi connectivity index (χ1v) is 7.25. The van der Waals surface area contributed by atoms with E-state index < -0.39 is 11.7 Å². The SMILES string of the molecule is FC(F)(F)c1ccc2c(c1)C(c1ccccc1)=NCc1ncnn1-2. The molecule has 0 saturated heterocycles. The van der Waals surface area contributed by atoms with Gasteiger partial charge in [0.05, 0.1) is 23.5 Å². The molecular formula is C17H11F3N4. The van der Waals surface area contributed by atoms with Gasteiger partial charge in [-0.15, -0.1) is 0 Å². The number of nitrogens with zero attached hydrogens (tertiary/aromatic N) is 4. The molecule has 4 nitrogen and oxygen atoms in total. The molecule has 0 unspecified atom stereocenters. The molecule has 120 valence electrons. The van der Waals surface area contributed by atoms with Crippen LogP contribution in [0, 0.1) is 0 Å². The van der Waals surface area contributed by atoms with Crippen LogP contribution < -0.4 is 0 Å². The maximum Gasteiger partial charge on any atom is 0.416 e. The number of aromatic nitrogens is 3. The highest BCUT2D eigenvalue weighted by molar-refractivity contribution is 6.15. The van der Waals surface area contributed by atoms with Gasteiger partial charge in [0.15, 0.2) is 5.82 Å². The van der Waals surface area contributed by atoms with Gasteiger partial charge in [-0.1, -0.05) is 30.3 Å². The third kappa shape index (κ3) is 2.38. The average Bonchev–Trinajstić information content (AvgIpc) is 2.98. The van der Waals surface area contributed by atoms with E-state index in [-0.39, 0.29) is 6.54 Å². The zero-order valence-electron chi connectivity index (χ0n) is 12.3. The van der Waals surface area contributed by atoms with Crippen molar-refractivity contribution in [2.24, 2.45) is 4.99 Å². The topological polar surface area (TPSA) is 43.1 Å². The summed E-state index contributed by atoms with van der Waals surface area (Å²) in [6.07, 6.45) is -3.05. The second-order valence-corrected chi connectivity index (χ2v) is 5.35. The van der Waals surface area contributed by atoms with Crippen molar-refractivity contribution in [2.75, 3.05) is 0 Å². The normalized spacial score (nSPS) is 13.7. The molecular weight excluding hydrogens is 317 g/mol. The highest BCUT2D eigenvalue weighted by atomic mass is 19.4. The Labute approximate surface area is 135 Å². The van der Waals surface area contributed by atoms with Crippen molar-refractivity contribution in [2.45, 2.75) is 12.7 Å². The van der Waals surface area contributed by atoms with Gasteiger partial charge in [0.1, 0.15) is 6.33 Å². The molecule has 0 N–H and O–H groups in total. The minimum atomic E-state index is -4.42. The lowest BCUT2D eigenvalue weighted by Gasteiger charge is -2.14. The smallest absolute Gasteiger partial charge is 0.276 e. The van der Waals surface area contributed by atoms with E-state index in [0.29, 0.717) is 22.8 Å². The van der Waals surface area contributed by atoms with Crippen molar-refractivity contribution in [3.05, 3.63) is 77.4 Å². The Bertz CT molecular complexity index is 927. The number of hydrogen-bond acceptors (Lipinski definition) is 3. The van der Waals surface area contributed by atoms with E-state index in [2.05, 4.69) is 15.1 Å². The van der Waals surface area contributed by atoms with Crippen LogP contribution in [0.5, 0.6) is 0 Å². The maximum absolute atomic E-state index is 13.2. The van der Waals surface area contributed by atoms with Gasteiger partial charge < -0.3 is 0 Å². The van der Waals surface area contributed by atoms with Crippen molar-refractivity contribution in [3.63, 3.8) is 0 Å². The standard InChI is InChI=1S/C17H11F3N4/c18-17(19,20)12-6-7-14-13(8-12)16(11-4-2-1-3-5-11)21-9-15-22-10-23-24(14)15/h1-8,10H,9H2. The second-order valence-electron chi connectivity index (χ2n) is 5.35. The molecule has 0 fully saturated rings. The van der Waals surface area contributed by atoms with Crippen LogP contribution in [0.3, 0.4) is 0 Å². The molecule has 0 bridgehead atoms. The van der Waals surface area contributed by atoms with Gasteiger partial charge in [-0.2, -0.15) is 18.3 Å². The van der Waals surface area contributed by atoms with Crippen LogP contribution in [0.4, 0.5) is 13.2 Å². The van der Waals surface area contributed by atoms with Crippen LogP contribution in [0.1, 0.15) is 22.5 Å². The Kier molecular flexibility index (Phi) is 3.23. The number of fused-ring (bicyclic) bond motifs is 3. The molecule has 0 spiro atoms. The third-order valence-corrected chi connectivity index (χ3v) is 3.85. The van der Waals surface area contributed by atoms with E-state index >= 15 is 0 Å². The van der Waals surface area contributed by atoms with Crippen LogP contribution in [0.2, 0.25) is 0 Å². The molecule has 1 aromatic heterocycles. The summed E-state index contributed by atoms with van der Waals surface area (Å²) < 4.78 is 41.0. The molecule has 2 heterocycles. The minimum Gasteiger partial charge on any atom is -0.276 e. The number of rotatable bonds is 1. The van der Waals surface area contributed by atoms with E-state index in [9.17, 15) is 13.2 Å². The highest BCUT2D eigenvalue weighted by Crippen LogP contribution is 2.33. The number of alkyl halides is 3. The van der Waals surface area contributed by atoms with Gasteiger partial charge in [0.2, 0.25) is 0 Å².